The van der Waals surface area contributed by atoms with Gasteiger partial charge in [-0.05, 0) is 43.4 Å². The standard InChI is InChI=1S/C21H30N2O4/c1-5-7-14(3)13-27-20(24)18-15(4)22-21(25)23-19(18)16-8-10-17(11-9-16)26-12-6-2/h8-11,14,19H,5-7,12-13H2,1-4H3,(H2,22,23,25)/t14-,19-/m0/s1. The van der Waals surface area contributed by atoms with Crippen molar-refractivity contribution in [3.8, 4) is 5.75 Å². The molecule has 1 heterocycles. The van der Waals surface area contributed by atoms with Gasteiger partial charge in [-0.25, -0.2) is 9.59 Å². The molecule has 0 bridgehead atoms. The van der Waals surface area contributed by atoms with Gasteiger partial charge in [-0.15, -0.1) is 0 Å². The van der Waals surface area contributed by atoms with Crippen LogP contribution in [0.15, 0.2) is 35.5 Å². The van der Waals surface area contributed by atoms with E-state index in [-0.39, 0.29) is 6.03 Å². The van der Waals surface area contributed by atoms with Gasteiger partial charge in [0.1, 0.15) is 5.75 Å². The van der Waals surface area contributed by atoms with Crippen molar-refractivity contribution >= 4 is 12.0 Å². The van der Waals surface area contributed by atoms with Crippen molar-refractivity contribution in [1.82, 2.24) is 10.6 Å². The van der Waals surface area contributed by atoms with Crippen molar-refractivity contribution in [2.75, 3.05) is 13.2 Å². The molecule has 27 heavy (non-hydrogen) atoms. The van der Waals surface area contributed by atoms with Crippen LogP contribution in [-0.2, 0) is 9.53 Å². The fourth-order valence-corrected chi connectivity index (χ4v) is 3.06. The van der Waals surface area contributed by atoms with Crippen LogP contribution in [0.5, 0.6) is 5.75 Å². The first-order valence-corrected chi connectivity index (χ1v) is 9.64. The monoisotopic (exact) mass is 374 g/mol. The van der Waals surface area contributed by atoms with Gasteiger partial charge in [-0.1, -0.05) is 39.3 Å². The minimum absolute atomic E-state index is 0.305. The maximum Gasteiger partial charge on any atom is 0.338 e. The smallest absolute Gasteiger partial charge is 0.338 e. The van der Waals surface area contributed by atoms with Crippen LogP contribution in [0.4, 0.5) is 4.79 Å². The highest BCUT2D eigenvalue weighted by molar-refractivity contribution is 5.95. The molecule has 0 aliphatic carbocycles. The molecule has 1 aliphatic rings. The first-order valence-electron chi connectivity index (χ1n) is 9.64. The summed E-state index contributed by atoms with van der Waals surface area (Å²) >= 11 is 0. The summed E-state index contributed by atoms with van der Waals surface area (Å²) in [7, 11) is 0. The van der Waals surface area contributed by atoms with Crippen LogP contribution in [0.3, 0.4) is 0 Å². The van der Waals surface area contributed by atoms with E-state index in [1.54, 1.807) is 6.92 Å². The summed E-state index contributed by atoms with van der Waals surface area (Å²) in [6.45, 7) is 8.95. The summed E-state index contributed by atoms with van der Waals surface area (Å²) in [5.41, 5.74) is 1.75. The summed E-state index contributed by atoms with van der Waals surface area (Å²) in [4.78, 5) is 24.7. The van der Waals surface area contributed by atoms with Gasteiger partial charge in [0.05, 0.1) is 24.8 Å². The molecule has 1 aromatic rings. The number of allylic oxidation sites excluding steroid dienone is 1. The lowest BCUT2D eigenvalue weighted by molar-refractivity contribution is -0.140. The first-order chi connectivity index (χ1) is 13.0. The molecule has 0 saturated heterocycles. The van der Waals surface area contributed by atoms with Gasteiger partial charge in [0.25, 0.3) is 0 Å². The van der Waals surface area contributed by atoms with E-state index in [1.165, 1.54) is 0 Å². The van der Waals surface area contributed by atoms with Gasteiger partial charge >= 0.3 is 12.0 Å². The molecule has 2 atom stereocenters. The molecule has 2 rings (SSSR count). The molecule has 0 aromatic heterocycles. The van der Waals surface area contributed by atoms with Gasteiger partial charge in [0.15, 0.2) is 0 Å². The molecule has 1 aromatic carbocycles. The number of esters is 1. The number of rotatable bonds is 9. The van der Waals surface area contributed by atoms with Crippen LogP contribution in [0.1, 0.15) is 58.6 Å². The van der Waals surface area contributed by atoms with E-state index in [4.69, 9.17) is 9.47 Å². The molecule has 148 valence electrons. The quantitative estimate of drug-likeness (QED) is 0.639. The van der Waals surface area contributed by atoms with Gasteiger partial charge in [0.2, 0.25) is 0 Å². The van der Waals surface area contributed by atoms with Crippen molar-refractivity contribution in [3.63, 3.8) is 0 Å². The Bertz CT molecular complexity index is 682. The van der Waals surface area contributed by atoms with Gasteiger partial charge in [-0.3, -0.25) is 0 Å². The summed E-state index contributed by atoms with van der Waals surface area (Å²) < 4.78 is 11.1. The zero-order valence-corrected chi connectivity index (χ0v) is 16.6. The molecular formula is C21H30N2O4. The van der Waals surface area contributed by atoms with E-state index in [2.05, 4.69) is 24.5 Å². The Morgan fingerprint density at radius 3 is 2.52 bits per heavy atom. The van der Waals surface area contributed by atoms with Crippen molar-refractivity contribution in [2.24, 2.45) is 5.92 Å². The second kappa shape index (κ2) is 10.00. The maximum atomic E-state index is 12.7. The molecule has 0 spiro atoms. The summed E-state index contributed by atoms with van der Waals surface area (Å²) in [6, 6.07) is 6.54. The number of carbonyl (C=O) groups is 2. The molecular weight excluding hydrogens is 344 g/mol. The van der Waals surface area contributed by atoms with E-state index in [0.29, 0.717) is 30.4 Å². The normalized spacial score (nSPS) is 17.8. The Labute approximate surface area is 161 Å². The predicted molar refractivity (Wildman–Crippen MR) is 104 cm³/mol. The van der Waals surface area contributed by atoms with Crippen molar-refractivity contribution in [3.05, 3.63) is 41.1 Å². The Morgan fingerprint density at radius 1 is 1.19 bits per heavy atom. The molecule has 0 radical (unpaired) electrons. The van der Waals surface area contributed by atoms with Crippen LogP contribution in [0.2, 0.25) is 0 Å². The SMILES string of the molecule is CCCOc1ccc([C@@H]2NC(=O)NC(C)=C2C(=O)OC[C@@H](C)CCC)cc1. The number of hydrogen-bond donors (Lipinski definition) is 2. The lowest BCUT2D eigenvalue weighted by Crippen LogP contribution is -2.45. The summed E-state index contributed by atoms with van der Waals surface area (Å²) in [6.07, 6.45) is 2.98. The van der Waals surface area contributed by atoms with Crippen LogP contribution in [-0.4, -0.2) is 25.2 Å². The first kappa shape index (κ1) is 20.8. The highest BCUT2D eigenvalue weighted by Gasteiger charge is 2.32. The lowest BCUT2D eigenvalue weighted by Gasteiger charge is -2.28. The minimum atomic E-state index is -0.548. The van der Waals surface area contributed by atoms with Crippen molar-refractivity contribution in [1.29, 1.82) is 0 Å². The third-order valence-electron chi connectivity index (χ3n) is 4.46. The number of hydrogen-bond acceptors (Lipinski definition) is 4. The third kappa shape index (κ3) is 5.74. The predicted octanol–water partition coefficient (Wildman–Crippen LogP) is 4.08. The molecule has 0 saturated carbocycles. The Kier molecular flexibility index (Phi) is 7.70. The minimum Gasteiger partial charge on any atom is -0.494 e. The van der Waals surface area contributed by atoms with Crippen LogP contribution < -0.4 is 15.4 Å². The second-order valence-electron chi connectivity index (χ2n) is 6.98. The largest absolute Gasteiger partial charge is 0.494 e. The highest BCUT2D eigenvalue weighted by atomic mass is 16.5. The maximum absolute atomic E-state index is 12.7. The molecule has 6 nitrogen and oxygen atoms in total. The summed E-state index contributed by atoms with van der Waals surface area (Å²) in [5.74, 6) is 0.665. The number of carbonyl (C=O) groups excluding carboxylic acids is 2. The van der Waals surface area contributed by atoms with E-state index >= 15 is 0 Å². The van der Waals surface area contributed by atoms with E-state index in [0.717, 1.165) is 30.6 Å². The number of urea groups is 1. The average Bonchev–Trinajstić information content (AvgIpc) is 2.64. The number of nitrogens with one attached hydrogen (secondary N) is 2. The van der Waals surface area contributed by atoms with Gasteiger partial charge in [0, 0.05) is 5.70 Å². The molecule has 1 aliphatic heterocycles. The number of benzene rings is 1. The molecule has 6 heteroatoms. The fraction of sp³-hybridized carbons (Fsp3) is 0.524. The average molecular weight is 374 g/mol. The Balaban J connectivity index is 2.18. The zero-order valence-electron chi connectivity index (χ0n) is 16.6. The number of amides is 2. The third-order valence-corrected chi connectivity index (χ3v) is 4.46. The van der Waals surface area contributed by atoms with Crippen LogP contribution in [0, 0.1) is 5.92 Å². The lowest BCUT2D eigenvalue weighted by atomic mass is 9.95. The van der Waals surface area contributed by atoms with Crippen LogP contribution >= 0.6 is 0 Å². The molecule has 0 fully saturated rings. The van der Waals surface area contributed by atoms with Gasteiger partial charge < -0.3 is 20.1 Å². The van der Waals surface area contributed by atoms with Crippen LogP contribution in [0.25, 0.3) is 0 Å². The van der Waals surface area contributed by atoms with Crippen molar-refractivity contribution in [2.45, 2.75) is 53.0 Å². The summed E-state index contributed by atoms with van der Waals surface area (Å²) in [5, 5.41) is 5.49. The fourth-order valence-electron chi connectivity index (χ4n) is 3.06. The number of ether oxygens (including phenoxy) is 2. The van der Waals surface area contributed by atoms with E-state index in [9.17, 15) is 9.59 Å². The Hall–Kier alpha value is -2.50. The topological polar surface area (TPSA) is 76.7 Å². The highest BCUT2D eigenvalue weighted by Crippen LogP contribution is 2.29. The Morgan fingerprint density at radius 2 is 1.89 bits per heavy atom. The molecule has 2 N–H and O–H groups in total. The van der Waals surface area contributed by atoms with E-state index in [1.807, 2.05) is 31.2 Å². The zero-order chi connectivity index (χ0) is 19.8. The van der Waals surface area contributed by atoms with Gasteiger partial charge in [-0.2, -0.15) is 0 Å². The van der Waals surface area contributed by atoms with E-state index < -0.39 is 12.0 Å². The molecule has 2 amide bonds. The van der Waals surface area contributed by atoms with Crippen molar-refractivity contribution < 1.29 is 19.1 Å². The second-order valence-corrected chi connectivity index (χ2v) is 6.98. The molecule has 0 unspecified atom stereocenters.